The second kappa shape index (κ2) is 5.25. The van der Waals surface area contributed by atoms with E-state index in [1.165, 1.54) is 0 Å². The number of nitrogens with zero attached hydrogens (tertiary/aromatic N) is 5. The maximum absolute atomic E-state index is 4.63. The van der Waals surface area contributed by atoms with Gasteiger partial charge in [-0.25, -0.2) is 9.50 Å². The quantitative estimate of drug-likeness (QED) is 0.627. The van der Waals surface area contributed by atoms with Crippen LogP contribution in [-0.4, -0.2) is 24.6 Å². The Morgan fingerprint density at radius 3 is 2.55 bits per heavy atom. The fourth-order valence-corrected chi connectivity index (χ4v) is 2.32. The third kappa shape index (κ3) is 2.16. The lowest BCUT2D eigenvalue weighted by Gasteiger charge is -2.06. The van der Waals surface area contributed by atoms with Crippen molar-refractivity contribution < 1.29 is 0 Å². The highest BCUT2D eigenvalue weighted by Crippen LogP contribution is 2.29. The zero-order valence-corrected chi connectivity index (χ0v) is 11.6. The lowest BCUT2D eigenvalue weighted by Crippen LogP contribution is -1.96. The highest BCUT2D eigenvalue weighted by Gasteiger charge is 2.15. The number of fused-ring (bicyclic) bond motifs is 1. The molecule has 0 bridgehead atoms. The van der Waals surface area contributed by atoms with Gasteiger partial charge in [-0.05, 0) is 36.4 Å². The molecule has 4 aromatic rings. The summed E-state index contributed by atoms with van der Waals surface area (Å²) >= 11 is 0. The van der Waals surface area contributed by atoms with Crippen LogP contribution in [0.1, 0.15) is 0 Å². The second-order valence-electron chi connectivity index (χ2n) is 4.71. The van der Waals surface area contributed by atoms with Crippen LogP contribution in [0.2, 0.25) is 0 Å². The molecule has 0 amide bonds. The summed E-state index contributed by atoms with van der Waals surface area (Å²) in [5.74, 6) is 0.734. The van der Waals surface area contributed by atoms with Crippen molar-refractivity contribution in [1.82, 2.24) is 24.6 Å². The van der Waals surface area contributed by atoms with Gasteiger partial charge in [0.2, 0.25) is 0 Å². The van der Waals surface area contributed by atoms with E-state index in [2.05, 4.69) is 25.4 Å². The molecule has 1 N–H and O–H groups in total. The summed E-state index contributed by atoms with van der Waals surface area (Å²) in [6.45, 7) is 0. The number of imidazole rings is 1. The summed E-state index contributed by atoms with van der Waals surface area (Å²) in [4.78, 5) is 12.8. The predicted octanol–water partition coefficient (Wildman–Crippen LogP) is 2.93. The van der Waals surface area contributed by atoms with E-state index >= 15 is 0 Å². The molecule has 4 rings (SSSR count). The highest BCUT2D eigenvalue weighted by atomic mass is 15.3. The van der Waals surface area contributed by atoms with E-state index in [4.69, 9.17) is 0 Å². The molecule has 0 saturated heterocycles. The first-order valence-electron chi connectivity index (χ1n) is 6.83. The van der Waals surface area contributed by atoms with E-state index in [1.54, 1.807) is 31.0 Å². The molecule has 4 aromatic heterocycles. The van der Waals surface area contributed by atoms with Gasteiger partial charge in [-0.2, -0.15) is 5.10 Å². The zero-order chi connectivity index (χ0) is 14.8. The zero-order valence-electron chi connectivity index (χ0n) is 11.6. The molecule has 22 heavy (non-hydrogen) atoms. The minimum atomic E-state index is 0.734. The van der Waals surface area contributed by atoms with Crippen LogP contribution >= 0.6 is 0 Å². The van der Waals surface area contributed by atoms with Crippen LogP contribution in [0.15, 0.2) is 67.4 Å². The van der Waals surface area contributed by atoms with Crippen LogP contribution in [0, 0.1) is 0 Å². The van der Waals surface area contributed by atoms with E-state index in [0.29, 0.717) is 0 Å². The Kier molecular flexibility index (Phi) is 2.97. The van der Waals surface area contributed by atoms with Gasteiger partial charge in [-0.3, -0.25) is 9.97 Å². The minimum absolute atomic E-state index is 0.734. The summed E-state index contributed by atoms with van der Waals surface area (Å²) in [5.41, 5.74) is 3.54. The number of rotatable bonds is 3. The molecule has 0 saturated carbocycles. The summed E-state index contributed by atoms with van der Waals surface area (Å²) in [5, 5.41) is 7.70. The number of hydrogen-bond acceptors (Lipinski definition) is 5. The van der Waals surface area contributed by atoms with E-state index in [0.717, 1.165) is 28.4 Å². The Morgan fingerprint density at radius 2 is 1.73 bits per heavy atom. The molecule has 0 fully saturated rings. The highest BCUT2D eigenvalue weighted by molar-refractivity contribution is 5.78. The molecule has 0 aromatic carbocycles. The van der Waals surface area contributed by atoms with Crippen molar-refractivity contribution in [2.45, 2.75) is 0 Å². The van der Waals surface area contributed by atoms with Gasteiger partial charge in [0.15, 0.2) is 11.5 Å². The third-order valence-corrected chi connectivity index (χ3v) is 3.27. The van der Waals surface area contributed by atoms with Crippen LogP contribution in [-0.2, 0) is 0 Å². The lowest BCUT2D eigenvalue weighted by molar-refractivity contribution is 0.942. The van der Waals surface area contributed by atoms with E-state index in [9.17, 15) is 0 Å². The summed E-state index contributed by atoms with van der Waals surface area (Å²) in [7, 11) is 0. The molecule has 6 heteroatoms. The third-order valence-electron chi connectivity index (χ3n) is 3.27. The fraction of sp³-hybridized carbons (Fsp3) is 0. The maximum Gasteiger partial charge on any atom is 0.159 e. The van der Waals surface area contributed by atoms with Crippen LogP contribution in [0.5, 0.6) is 0 Å². The van der Waals surface area contributed by atoms with Gasteiger partial charge in [-0.1, -0.05) is 0 Å². The Labute approximate surface area is 126 Å². The van der Waals surface area contributed by atoms with Crippen molar-refractivity contribution in [3.8, 4) is 11.3 Å². The van der Waals surface area contributed by atoms with Crippen LogP contribution in [0.25, 0.3) is 16.9 Å². The van der Waals surface area contributed by atoms with Crippen LogP contribution in [0.4, 0.5) is 11.5 Å². The van der Waals surface area contributed by atoms with Crippen molar-refractivity contribution >= 4 is 17.2 Å². The SMILES string of the molecule is c1cncc(Nc2nc3cccnn3c2-c2ccncc2)c1. The summed E-state index contributed by atoms with van der Waals surface area (Å²) < 4.78 is 1.81. The maximum atomic E-state index is 4.63. The van der Waals surface area contributed by atoms with E-state index in [-0.39, 0.29) is 0 Å². The number of nitrogens with one attached hydrogen (secondary N) is 1. The molecular weight excluding hydrogens is 276 g/mol. The van der Waals surface area contributed by atoms with Gasteiger partial charge in [0.1, 0.15) is 5.69 Å². The molecule has 0 atom stereocenters. The van der Waals surface area contributed by atoms with Gasteiger partial charge in [0.05, 0.1) is 11.9 Å². The minimum Gasteiger partial charge on any atom is -0.337 e. The fourth-order valence-electron chi connectivity index (χ4n) is 2.32. The van der Waals surface area contributed by atoms with Crippen LogP contribution in [0.3, 0.4) is 0 Å². The molecule has 0 unspecified atom stereocenters. The van der Waals surface area contributed by atoms with Gasteiger partial charge in [-0.15, -0.1) is 0 Å². The average molecular weight is 288 g/mol. The number of anilines is 2. The van der Waals surface area contributed by atoms with Crippen molar-refractivity contribution in [3.63, 3.8) is 0 Å². The number of aromatic nitrogens is 5. The van der Waals surface area contributed by atoms with E-state index < -0.39 is 0 Å². The molecule has 6 nitrogen and oxygen atoms in total. The smallest absolute Gasteiger partial charge is 0.159 e. The molecule has 0 spiro atoms. The Hall–Kier alpha value is -3.28. The molecule has 0 aliphatic carbocycles. The van der Waals surface area contributed by atoms with Gasteiger partial charge in [0.25, 0.3) is 0 Å². The number of pyridine rings is 2. The molecule has 106 valence electrons. The van der Waals surface area contributed by atoms with Gasteiger partial charge in [0, 0.05) is 30.4 Å². The lowest BCUT2D eigenvalue weighted by atomic mass is 10.2. The molecule has 4 heterocycles. The average Bonchev–Trinajstić information content (AvgIpc) is 2.94. The van der Waals surface area contributed by atoms with Crippen molar-refractivity contribution in [2.75, 3.05) is 5.32 Å². The van der Waals surface area contributed by atoms with Crippen molar-refractivity contribution in [2.24, 2.45) is 0 Å². The Bertz CT molecular complexity index is 902. The normalized spacial score (nSPS) is 10.7. The van der Waals surface area contributed by atoms with Gasteiger partial charge >= 0.3 is 0 Å². The summed E-state index contributed by atoms with van der Waals surface area (Å²) in [6.07, 6.45) is 8.75. The predicted molar refractivity (Wildman–Crippen MR) is 83.7 cm³/mol. The van der Waals surface area contributed by atoms with Crippen molar-refractivity contribution in [3.05, 3.63) is 67.4 Å². The Balaban J connectivity index is 1.90. The van der Waals surface area contributed by atoms with Gasteiger partial charge < -0.3 is 5.32 Å². The standard InChI is InChI=1S/C16H12N6/c1-3-13(11-18-7-1)20-16-15(12-5-9-17-10-6-12)22-14(21-16)4-2-8-19-22/h1-11,20H. The largest absolute Gasteiger partial charge is 0.337 e. The topological polar surface area (TPSA) is 68.0 Å². The molecule has 0 aliphatic rings. The van der Waals surface area contributed by atoms with Crippen LogP contribution < -0.4 is 5.32 Å². The first-order chi connectivity index (χ1) is 10.9. The first kappa shape index (κ1) is 12.5. The number of hydrogen-bond donors (Lipinski definition) is 1. The monoisotopic (exact) mass is 288 g/mol. The molecule has 0 radical (unpaired) electrons. The molecule has 0 aliphatic heterocycles. The Morgan fingerprint density at radius 1 is 0.864 bits per heavy atom. The second-order valence-corrected chi connectivity index (χ2v) is 4.71. The summed E-state index contributed by atoms with van der Waals surface area (Å²) in [6, 6.07) is 11.5. The van der Waals surface area contributed by atoms with E-state index in [1.807, 2.05) is 40.9 Å². The first-order valence-corrected chi connectivity index (χ1v) is 6.83. The molecular formula is C16H12N6. The van der Waals surface area contributed by atoms with Crippen molar-refractivity contribution in [1.29, 1.82) is 0 Å².